The van der Waals surface area contributed by atoms with E-state index in [2.05, 4.69) is 41.9 Å². The number of unbranched alkanes of at least 4 members (excludes halogenated alkanes) is 1. The van der Waals surface area contributed by atoms with E-state index in [1.54, 1.807) is 64.2 Å². The summed E-state index contributed by atoms with van der Waals surface area (Å²) in [6.07, 6.45) is 3.87. The fourth-order valence-electron chi connectivity index (χ4n) is 6.49. The van der Waals surface area contributed by atoms with Crippen molar-refractivity contribution in [3.05, 3.63) is 54.1 Å². The number of carboxylic acids is 1. The van der Waals surface area contributed by atoms with Gasteiger partial charge in [0.25, 0.3) is 0 Å². The highest BCUT2D eigenvalue weighted by Gasteiger charge is 2.35. The number of aromatic amines is 1. The Hall–Kier alpha value is -5.89. The van der Waals surface area contributed by atoms with Crippen LogP contribution in [0.1, 0.15) is 91.3 Å². The molecule has 0 radical (unpaired) electrons. The number of nitrogens with zero attached hydrogens (tertiary/aromatic N) is 1. The minimum atomic E-state index is -1.57. The van der Waals surface area contributed by atoms with Crippen molar-refractivity contribution in [3.63, 3.8) is 0 Å². The zero-order valence-corrected chi connectivity index (χ0v) is 36.6. The Balaban J connectivity index is 2.40. The Labute approximate surface area is 362 Å². The Bertz CT molecular complexity index is 1770. The maximum atomic E-state index is 14.2. The van der Waals surface area contributed by atoms with Crippen LogP contribution in [0, 0.1) is 17.8 Å². The number of rotatable bonds is 28. The molecule has 0 spiro atoms. The molecule has 20 nitrogen and oxygen atoms in total. The Morgan fingerprint density at radius 2 is 1.16 bits per heavy atom. The number of benzene rings is 1. The molecule has 0 aliphatic carbocycles. The van der Waals surface area contributed by atoms with Crippen molar-refractivity contribution in [2.75, 3.05) is 6.54 Å². The van der Waals surface area contributed by atoms with Gasteiger partial charge in [0.1, 0.15) is 36.3 Å². The summed E-state index contributed by atoms with van der Waals surface area (Å²) in [6.45, 7) is 10.8. The molecule has 0 fully saturated rings. The van der Waals surface area contributed by atoms with Crippen LogP contribution in [0.25, 0.3) is 0 Å². The minimum Gasteiger partial charge on any atom is -0.480 e. The van der Waals surface area contributed by atoms with Gasteiger partial charge in [0.05, 0.1) is 24.5 Å². The molecule has 1 heterocycles. The SMILES string of the molecule is CC(C)C[C@H](NC(=O)[C@H](Cc1ccccc1)NC(=O)[C@H](CCCCN)NC(=O)[C@H](CC(C)C)NC(=O)[C@@H](N)Cc1c[nH]cn1)C(=O)N[C@@H](CC(N)=O)C(=O)N[C@H](C(=O)O)C(C)C. The summed E-state index contributed by atoms with van der Waals surface area (Å²) in [7, 11) is 0. The molecular formula is C42H67N11O9. The smallest absolute Gasteiger partial charge is 0.326 e. The highest BCUT2D eigenvalue weighted by molar-refractivity contribution is 5.98. The van der Waals surface area contributed by atoms with Gasteiger partial charge < -0.3 is 59.2 Å². The summed E-state index contributed by atoms with van der Waals surface area (Å²) in [5, 5.41) is 25.3. The number of nitrogens with one attached hydrogen (secondary N) is 7. The van der Waals surface area contributed by atoms with E-state index in [1.165, 1.54) is 6.33 Å². The maximum absolute atomic E-state index is 14.2. The number of aromatic nitrogens is 2. The monoisotopic (exact) mass is 870 g/mol. The summed E-state index contributed by atoms with van der Waals surface area (Å²) in [5.41, 5.74) is 18.5. The second-order valence-electron chi connectivity index (χ2n) is 16.6. The van der Waals surface area contributed by atoms with Gasteiger partial charge in [0.15, 0.2) is 0 Å². The molecule has 20 heteroatoms. The second-order valence-corrected chi connectivity index (χ2v) is 16.6. The van der Waals surface area contributed by atoms with E-state index in [4.69, 9.17) is 17.2 Å². The molecule has 1 aromatic carbocycles. The standard InChI is InChI=1S/C42H67N11O9/c1-23(2)16-30(49-36(55)28(44)19-27-21-46-22-47-27)38(57)48-29(14-10-11-15-43)37(56)51-32(18-26-12-8-7-9-13-26)40(59)50-31(17-24(3)4)39(58)52-33(20-34(45)54)41(60)53-35(25(5)6)42(61)62/h7-9,12-13,21-25,28-33,35H,10-11,14-20,43-44H2,1-6H3,(H2,45,54)(H,46,47)(H,48,57)(H,49,55)(H,50,59)(H,51,56)(H,52,58)(H,53,60)(H,61,62)/t28-,29-,30-,31-,32-,33-,35-/m0/s1. The lowest BCUT2D eigenvalue weighted by Gasteiger charge is -2.28. The molecule has 344 valence electrons. The van der Waals surface area contributed by atoms with Crippen molar-refractivity contribution < 1.29 is 43.5 Å². The average molecular weight is 870 g/mol. The van der Waals surface area contributed by atoms with Crippen molar-refractivity contribution in [2.24, 2.45) is 35.0 Å². The number of amides is 7. The fourth-order valence-corrected chi connectivity index (χ4v) is 6.49. The lowest BCUT2D eigenvalue weighted by molar-refractivity contribution is -0.143. The number of carbonyl (C=O) groups is 8. The number of carbonyl (C=O) groups excluding carboxylic acids is 7. The lowest BCUT2D eigenvalue weighted by Crippen LogP contribution is -2.60. The summed E-state index contributed by atoms with van der Waals surface area (Å²) in [4.78, 5) is 113. The van der Waals surface area contributed by atoms with Gasteiger partial charge in [0, 0.05) is 19.0 Å². The Morgan fingerprint density at radius 1 is 0.661 bits per heavy atom. The van der Waals surface area contributed by atoms with E-state index in [0.717, 1.165) is 0 Å². The summed E-state index contributed by atoms with van der Waals surface area (Å²) in [6, 6.07) is 0.0419. The van der Waals surface area contributed by atoms with Crippen LogP contribution in [0.3, 0.4) is 0 Å². The molecule has 1 aromatic heterocycles. The third-order valence-corrected chi connectivity index (χ3v) is 9.77. The molecule has 0 saturated carbocycles. The maximum Gasteiger partial charge on any atom is 0.326 e. The number of aliphatic carboxylic acids is 1. The first kappa shape index (κ1) is 52.2. The molecular weight excluding hydrogens is 803 g/mol. The van der Waals surface area contributed by atoms with E-state index >= 15 is 0 Å². The molecule has 0 aliphatic rings. The van der Waals surface area contributed by atoms with E-state index in [1.807, 2.05) is 13.8 Å². The largest absolute Gasteiger partial charge is 0.480 e. The molecule has 7 atom stereocenters. The van der Waals surface area contributed by atoms with Gasteiger partial charge in [-0.25, -0.2) is 9.78 Å². The van der Waals surface area contributed by atoms with Gasteiger partial charge >= 0.3 is 5.97 Å². The number of primary amides is 1. The molecule has 0 unspecified atom stereocenters. The van der Waals surface area contributed by atoms with Crippen molar-refractivity contribution in [2.45, 2.75) is 135 Å². The number of nitrogens with two attached hydrogens (primary N) is 3. The van der Waals surface area contributed by atoms with Crippen molar-refractivity contribution in [1.82, 2.24) is 41.9 Å². The van der Waals surface area contributed by atoms with Gasteiger partial charge in [-0.3, -0.25) is 33.6 Å². The number of carboxylic acid groups (broad SMARTS) is 1. The van der Waals surface area contributed by atoms with Crippen LogP contribution in [0.5, 0.6) is 0 Å². The number of hydrogen-bond donors (Lipinski definition) is 11. The van der Waals surface area contributed by atoms with Crippen LogP contribution in [0.2, 0.25) is 0 Å². The van der Waals surface area contributed by atoms with E-state index < -0.39 is 102 Å². The lowest BCUT2D eigenvalue weighted by atomic mass is 9.99. The Morgan fingerprint density at radius 3 is 1.66 bits per heavy atom. The second kappa shape index (κ2) is 26.4. The molecule has 0 saturated heterocycles. The minimum absolute atomic E-state index is 0.0314. The van der Waals surface area contributed by atoms with Crippen molar-refractivity contribution in [1.29, 1.82) is 0 Å². The van der Waals surface area contributed by atoms with E-state index in [0.29, 0.717) is 30.6 Å². The van der Waals surface area contributed by atoms with E-state index in [-0.39, 0.29) is 43.9 Å². The topological polar surface area (TPSA) is 336 Å². The highest BCUT2D eigenvalue weighted by atomic mass is 16.4. The zero-order valence-electron chi connectivity index (χ0n) is 36.6. The number of imidazole rings is 1. The van der Waals surface area contributed by atoms with Gasteiger partial charge in [-0.2, -0.15) is 0 Å². The molecule has 62 heavy (non-hydrogen) atoms. The fraction of sp³-hybridized carbons (Fsp3) is 0.595. The predicted molar refractivity (Wildman–Crippen MR) is 230 cm³/mol. The molecule has 2 rings (SSSR count). The number of hydrogen-bond acceptors (Lipinski definition) is 11. The van der Waals surface area contributed by atoms with Crippen LogP contribution < -0.4 is 49.1 Å². The average Bonchev–Trinajstić information content (AvgIpc) is 3.71. The molecule has 0 bridgehead atoms. The quantitative estimate of drug-likeness (QED) is 0.0472. The summed E-state index contributed by atoms with van der Waals surface area (Å²) in [5.74, 6) is -7.56. The molecule has 7 amide bonds. The predicted octanol–water partition coefficient (Wildman–Crippen LogP) is -0.732. The van der Waals surface area contributed by atoms with Gasteiger partial charge in [-0.05, 0) is 62.0 Å². The van der Waals surface area contributed by atoms with Crippen LogP contribution in [0.15, 0.2) is 42.9 Å². The van der Waals surface area contributed by atoms with Crippen molar-refractivity contribution >= 4 is 47.3 Å². The molecule has 14 N–H and O–H groups in total. The first-order chi connectivity index (χ1) is 29.2. The van der Waals surface area contributed by atoms with Crippen LogP contribution in [-0.2, 0) is 51.2 Å². The number of H-pyrrole nitrogens is 1. The van der Waals surface area contributed by atoms with Crippen LogP contribution >= 0.6 is 0 Å². The third kappa shape index (κ3) is 18.8. The summed E-state index contributed by atoms with van der Waals surface area (Å²) >= 11 is 0. The summed E-state index contributed by atoms with van der Waals surface area (Å²) < 4.78 is 0. The first-order valence-corrected chi connectivity index (χ1v) is 21.0. The first-order valence-electron chi connectivity index (χ1n) is 21.0. The normalized spacial score (nSPS) is 14.7. The highest BCUT2D eigenvalue weighted by Crippen LogP contribution is 2.12. The molecule has 2 aromatic rings. The van der Waals surface area contributed by atoms with Crippen LogP contribution in [0.4, 0.5) is 0 Å². The van der Waals surface area contributed by atoms with E-state index in [9.17, 15) is 43.5 Å². The molecule has 0 aliphatic heterocycles. The van der Waals surface area contributed by atoms with Gasteiger partial charge in [-0.15, -0.1) is 0 Å². The Kier molecular flexibility index (Phi) is 22.3. The van der Waals surface area contributed by atoms with Crippen LogP contribution in [-0.4, -0.2) is 111 Å². The van der Waals surface area contributed by atoms with Gasteiger partial charge in [0.2, 0.25) is 41.4 Å². The van der Waals surface area contributed by atoms with Crippen molar-refractivity contribution in [3.8, 4) is 0 Å². The van der Waals surface area contributed by atoms with Gasteiger partial charge in [-0.1, -0.05) is 71.9 Å². The third-order valence-electron chi connectivity index (χ3n) is 9.77. The zero-order chi connectivity index (χ0) is 46.5.